The summed E-state index contributed by atoms with van der Waals surface area (Å²) in [7, 11) is 0. The maximum absolute atomic E-state index is 9.15. The Morgan fingerprint density at radius 2 is 1.95 bits per heavy atom. The van der Waals surface area contributed by atoms with E-state index in [0.717, 1.165) is 11.4 Å². The molecule has 0 radical (unpaired) electrons. The van der Waals surface area contributed by atoms with Gasteiger partial charge in [-0.05, 0) is 24.6 Å². The van der Waals surface area contributed by atoms with Gasteiger partial charge in [-0.1, -0.05) is 30.3 Å². The first-order chi connectivity index (χ1) is 9.76. The smallest absolute Gasteiger partial charge is 0.135 e. The van der Waals surface area contributed by atoms with Gasteiger partial charge in [0.25, 0.3) is 0 Å². The van der Waals surface area contributed by atoms with Crippen molar-refractivity contribution in [3.05, 3.63) is 48.0 Å². The van der Waals surface area contributed by atoms with Gasteiger partial charge < -0.3 is 15.4 Å². The summed E-state index contributed by atoms with van der Waals surface area (Å²) in [6.45, 7) is 3.56. The van der Waals surface area contributed by atoms with E-state index in [9.17, 15) is 0 Å². The summed E-state index contributed by atoms with van der Waals surface area (Å²) in [4.78, 5) is 5.56. The van der Waals surface area contributed by atoms with Crippen molar-refractivity contribution in [1.82, 2.24) is 4.57 Å². The van der Waals surface area contributed by atoms with E-state index in [2.05, 4.69) is 12.1 Å². The molecule has 1 heterocycles. The van der Waals surface area contributed by atoms with Crippen LogP contribution < -0.4 is 10.8 Å². The highest BCUT2D eigenvalue weighted by molar-refractivity contribution is 5.49. The lowest BCUT2D eigenvalue weighted by Gasteiger charge is -2.24. The third-order valence-corrected chi connectivity index (χ3v) is 3.02. The molecule has 0 spiro atoms. The van der Waals surface area contributed by atoms with Gasteiger partial charge in [0.15, 0.2) is 0 Å². The van der Waals surface area contributed by atoms with Crippen molar-refractivity contribution >= 4 is 11.6 Å². The fraction of sp³-hybridized carbons (Fsp3) is 0.333. The normalized spacial score (nSPS) is 10.7. The lowest BCUT2D eigenvalue weighted by Crippen LogP contribution is -2.29. The summed E-state index contributed by atoms with van der Waals surface area (Å²) in [6.07, 6.45) is 0. The molecule has 0 saturated heterocycles. The van der Waals surface area contributed by atoms with Gasteiger partial charge in [0.05, 0.1) is 26.3 Å². The number of rotatable bonds is 7. The number of aliphatic hydroxyl groups excluding tert-OH is 1. The number of anilines is 2. The van der Waals surface area contributed by atoms with Crippen molar-refractivity contribution in [2.24, 2.45) is 0 Å². The minimum atomic E-state index is 0.0242. The van der Waals surface area contributed by atoms with Crippen molar-refractivity contribution in [3.8, 4) is 0 Å². The van der Waals surface area contributed by atoms with Crippen LogP contribution in [0.25, 0.3) is 0 Å². The molecule has 2 aromatic rings. The molecule has 0 amide bonds. The number of nitrogens with two attached hydrogens (primary N) is 1. The van der Waals surface area contributed by atoms with E-state index in [4.69, 9.17) is 15.7 Å². The maximum atomic E-state index is 9.15. The molecule has 0 bridgehead atoms. The molecule has 3 N–H and O–H groups in total. The first-order valence-corrected chi connectivity index (χ1v) is 6.76. The minimum absolute atomic E-state index is 0.0242. The van der Waals surface area contributed by atoms with Gasteiger partial charge in [-0.2, -0.15) is 0 Å². The van der Waals surface area contributed by atoms with E-state index >= 15 is 0 Å². The highest BCUT2D eigenvalue weighted by Crippen LogP contribution is 2.23. The Morgan fingerprint density at radius 1 is 1.20 bits per heavy atom. The van der Waals surface area contributed by atoms with Crippen molar-refractivity contribution in [1.29, 1.82) is 0 Å². The number of hydrogen-bond acceptors (Lipinski definition) is 4. The maximum Gasteiger partial charge on any atom is 0.135 e. The molecule has 1 aromatic carbocycles. The van der Waals surface area contributed by atoms with Crippen LogP contribution in [0.1, 0.15) is 12.5 Å². The van der Waals surface area contributed by atoms with Crippen molar-refractivity contribution in [3.63, 3.8) is 0 Å². The third kappa shape index (κ3) is 3.31. The zero-order chi connectivity index (χ0) is 14.4. The highest BCUT2D eigenvalue weighted by Gasteiger charge is 2.14. The molecule has 2 rings (SSSR count). The van der Waals surface area contributed by atoms with Crippen LogP contribution in [-0.2, 0) is 11.4 Å². The summed E-state index contributed by atoms with van der Waals surface area (Å²) < 4.78 is 1.97. The molecule has 0 aliphatic rings. The number of hydrogen-bond donors (Lipinski definition) is 2. The van der Waals surface area contributed by atoms with Crippen LogP contribution >= 0.6 is 0 Å². The number of hydroxylamine groups is 1. The Hall–Kier alpha value is -1.98. The molecule has 20 heavy (non-hydrogen) atoms. The van der Waals surface area contributed by atoms with Crippen molar-refractivity contribution in [2.75, 3.05) is 30.6 Å². The Morgan fingerprint density at radius 3 is 2.60 bits per heavy atom. The quantitative estimate of drug-likeness (QED) is 0.757. The Kier molecular flexibility index (Phi) is 5.03. The van der Waals surface area contributed by atoms with Gasteiger partial charge in [0, 0.05) is 0 Å². The lowest BCUT2D eigenvalue weighted by atomic mass is 10.2. The largest absolute Gasteiger partial charge is 0.394 e. The standard InChI is InChI=1S/C15H21N3O2/c1-2-20-18(10-11-19)15-9-8-14(16)17(15)12-13-6-4-3-5-7-13/h3-9,19H,2,10-12,16H2,1H3. The molecule has 1 aromatic heterocycles. The topological polar surface area (TPSA) is 63.6 Å². The zero-order valence-corrected chi connectivity index (χ0v) is 11.7. The number of aromatic nitrogens is 1. The molecule has 108 valence electrons. The van der Waals surface area contributed by atoms with Gasteiger partial charge in [0.2, 0.25) is 0 Å². The fourth-order valence-electron chi connectivity index (χ4n) is 2.12. The molecule has 0 aliphatic heterocycles. The van der Waals surface area contributed by atoms with E-state index in [1.54, 1.807) is 5.06 Å². The lowest BCUT2D eigenvalue weighted by molar-refractivity contribution is 0.104. The number of nitrogen functional groups attached to an aromatic ring is 1. The molecule has 0 atom stereocenters. The monoisotopic (exact) mass is 275 g/mol. The summed E-state index contributed by atoms with van der Waals surface area (Å²) in [5.74, 6) is 1.52. The third-order valence-electron chi connectivity index (χ3n) is 3.02. The SMILES string of the molecule is CCON(CCO)c1ccc(N)n1Cc1ccccc1. The first-order valence-electron chi connectivity index (χ1n) is 6.76. The molecule has 0 unspecified atom stereocenters. The molecule has 0 saturated carbocycles. The Balaban J connectivity index is 2.26. The van der Waals surface area contributed by atoms with E-state index in [1.165, 1.54) is 0 Å². The first kappa shape index (κ1) is 14.4. The number of nitrogens with zero attached hydrogens (tertiary/aromatic N) is 2. The fourth-order valence-corrected chi connectivity index (χ4v) is 2.12. The summed E-state index contributed by atoms with van der Waals surface area (Å²) in [5, 5.41) is 10.8. The van der Waals surface area contributed by atoms with Gasteiger partial charge in [-0.25, -0.2) is 5.06 Å². The van der Waals surface area contributed by atoms with Gasteiger partial charge in [-0.15, -0.1) is 0 Å². The van der Waals surface area contributed by atoms with E-state index < -0.39 is 0 Å². The second-order valence-corrected chi connectivity index (χ2v) is 4.43. The average Bonchev–Trinajstić information content (AvgIpc) is 2.81. The Bertz CT molecular complexity index is 519. The Labute approximate surface area is 119 Å². The minimum Gasteiger partial charge on any atom is -0.394 e. The molecule has 5 heteroatoms. The highest BCUT2D eigenvalue weighted by atomic mass is 16.7. The number of benzene rings is 1. The predicted molar refractivity (Wildman–Crippen MR) is 80.4 cm³/mol. The van der Waals surface area contributed by atoms with Crippen LogP contribution in [0.4, 0.5) is 11.6 Å². The van der Waals surface area contributed by atoms with Crippen molar-refractivity contribution < 1.29 is 9.94 Å². The molecular weight excluding hydrogens is 254 g/mol. The average molecular weight is 275 g/mol. The summed E-state index contributed by atoms with van der Waals surface area (Å²) in [6, 6.07) is 13.9. The molecule has 5 nitrogen and oxygen atoms in total. The van der Waals surface area contributed by atoms with E-state index in [0.29, 0.717) is 25.5 Å². The van der Waals surface area contributed by atoms with Crippen LogP contribution in [0.5, 0.6) is 0 Å². The number of aliphatic hydroxyl groups is 1. The molecular formula is C15H21N3O2. The second-order valence-electron chi connectivity index (χ2n) is 4.43. The second kappa shape index (κ2) is 6.98. The zero-order valence-electron chi connectivity index (χ0n) is 11.7. The predicted octanol–water partition coefficient (Wildman–Crippen LogP) is 1.87. The van der Waals surface area contributed by atoms with E-state index in [1.807, 2.05) is 41.8 Å². The van der Waals surface area contributed by atoms with Crippen LogP contribution in [0.3, 0.4) is 0 Å². The van der Waals surface area contributed by atoms with Crippen molar-refractivity contribution in [2.45, 2.75) is 13.5 Å². The van der Waals surface area contributed by atoms with Crippen LogP contribution in [-0.4, -0.2) is 29.4 Å². The summed E-state index contributed by atoms with van der Waals surface area (Å²) in [5.41, 5.74) is 7.20. The van der Waals surface area contributed by atoms with Gasteiger partial charge in [0.1, 0.15) is 11.6 Å². The van der Waals surface area contributed by atoms with Gasteiger partial charge >= 0.3 is 0 Å². The van der Waals surface area contributed by atoms with Crippen LogP contribution in [0.15, 0.2) is 42.5 Å². The van der Waals surface area contributed by atoms with E-state index in [-0.39, 0.29) is 6.61 Å². The summed E-state index contributed by atoms with van der Waals surface area (Å²) >= 11 is 0. The van der Waals surface area contributed by atoms with Crippen LogP contribution in [0.2, 0.25) is 0 Å². The molecule has 0 aliphatic carbocycles. The van der Waals surface area contributed by atoms with Crippen LogP contribution in [0, 0.1) is 0 Å². The van der Waals surface area contributed by atoms with Gasteiger partial charge in [-0.3, -0.25) is 4.84 Å². The molecule has 0 fully saturated rings.